The predicted molar refractivity (Wildman–Crippen MR) is 84.2 cm³/mol. The predicted octanol–water partition coefficient (Wildman–Crippen LogP) is 3.74. The summed E-state index contributed by atoms with van der Waals surface area (Å²) < 4.78 is 26.9. The lowest BCUT2D eigenvalue weighted by Gasteiger charge is -2.28. The zero-order chi connectivity index (χ0) is 15.0. The summed E-state index contributed by atoms with van der Waals surface area (Å²) in [5, 5.41) is 0.573. The van der Waals surface area contributed by atoms with Gasteiger partial charge in [-0.15, -0.1) is 0 Å². The summed E-state index contributed by atoms with van der Waals surface area (Å²) in [5.41, 5.74) is 2.24. The second-order valence-electron chi connectivity index (χ2n) is 4.93. The number of sulfonamides is 1. The molecule has 3 nitrogen and oxygen atoms in total. The zero-order valence-corrected chi connectivity index (χ0v) is 13.4. The molecule has 1 aliphatic heterocycles. The maximum Gasteiger partial charge on any atom is 0.244 e. The highest BCUT2D eigenvalue weighted by atomic mass is 35.5. The van der Waals surface area contributed by atoms with Crippen molar-refractivity contribution in [3.05, 3.63) is 63.6 Å². The van der Waals surface area contributed by atoms with Crippen molar-refractivity contribution in [3.8, 4) is 0 Å². The van der Waals surface area contributed by atoms with Gasteiger partial charge in [-0.25, -0.2) is 8.42 Å². The van der Waals surface area contributed by atoms with Crippen molar-refractivity contribution < 1.29 is 8.42 Å². The van der Waals surface area contributed by atoms with Crippen LogP contribution in [0, 0.1) is 0 Å². The molecule has 1 aliphatic rings. The fourth-order valence-electron chi connectivity index (χ4n) is 2.50. The maximum absolute atomic E-state index is 12.7. The van der Waals surface area contributed by atoms with Crippen LogP contribution in [0.4, 0.5) is 0 Å². The third-order valence-corrected chi connectivity index (χ3v) is 6.17. The highest BCUT2D eigenvalue weighted by molar-refractivity contribution is 7.89. The van der Waals surface area contributed by atoms with Crippen molar-refractivity contribution >= 4 is 33.2 Å². The van der Waals surface area contributed by atoms with Crippen LogP contribution >= 0.6 is 23.2 Å². The van der Waals surface area contributed by atoms with Gasteiger partial charge in [-0.1, -0.05) is 47.5 Å². The van der Waals surface area contributed by atoms with Gasteiger partial charge in [0.25, 0.3) is 0 Å². The molecule has 0 saturated carbocycles. The minimum Gasteiger partial charge on any atom is -0.207 e. The van der Waals surface area contributed by atoms with E-state index >= 15 is 0 Å². The number of hydrogen-bond donors (Lipinski definition) is 0. The second-order valence-corrected chi connectivity index (χ2v) is 7.68. The fourth-order valence-corrected chi connectivity index (χ4v) is 4.66. The number of hydrogen-bond acceptors (Lipinski definition) is 2. The summed E-state index contributed by atoms with van der Waals surface area (Å²) in [5.74, 6) is 0. The van der Waals surface area contributed by atoms with E-state index in [9.17, 15) is 8.42 Å². The van der Waals surface area contributed by atoms with Crippen LogP contribution in [0.3, 0.4) is 0 Å². The van der Waals surface area contributed by atoms with Crippen LogP contribution in [0.1, 0.15) is 11.1 Å². The molecular formula is C15H13Cl2NO2S. The molecule has 2 aromatic rings. The lowest BCUT2D eigenvalue weighted by molar-refractivity contribution is 0.391. The highest BCUT2D eigenvalue weighted by Gasteiger charge is 2.29. The van der Waals surface area contributed by atoms with Crippen molar-refractivity contribution in [1.82, 2.24) is 4.31 Å². The molecule has 0 N–H and O–H groups in total. The van der Waals surface area contributed by atoms with E-state index < -0.39 is 10.0 Å². The van der Waals surface area contributed by atoms with E-state index in [4.69, 9.17) is 23.2 Å². The molecule has 0 saturated heterocycles. The van der Waals surface area contributed by atoms with Gasteiger partial charge in [0, 0.05) is 18.1 Å². The third-order valence-electron chi connectivity index (χ3n) is 3.61. The van der Waals surface area contributed by atoms with Gasteiger partial charge in [-0.2, -0.15) is 4.31 Å². The summed E-state index contributed by atoms with van der Waals surface area (Å²) >= 11 is 11.9. The molecule has 0 atom stereocenters. The first kappa shape index (κ1) is 14.9. The van der Waals surface area contributed by atoms with Crippen LogP contribution < -0.4 is 0 Å². The van der Waals surface area contributed by atoms with Crippen LogP contribution in [0.25, 0.3) is 0 Å². The van der Waals surface area contributed by atoms with Gasteiger partial charge in [0.2, 0.25) is 10.0 Å². The standard InChI is InChI=1S/C15H13Cl2NO2S/c16-13-5-6-15(14(17)9-13)21(19,20)18-8-7-11-3-1-2-4-12(11)10-18/h1-6,9H,7-8,10H2. The van der Waals surface area contributed by atoms with Gasteiger partial charge in [-0.05, 0) is 35.7 Å². The maximum atomic E-state index is 12.7. The Hall–Kier alpha value is -1.07. The summed E-state index contributed by atoms with van der Waals surface area (Å²) in [6.07, 6.45) is 0.709. The Kier molecular flexibility index (Phi) is 3.97. The van der Waals surface area contributed by atoms with Crippen molar-refractivity contribution in [3.63, 3.8) is 0 Å². The Labute approximate surface area is 134 Å². The molecule has 2 aromatic carbocycles. The molecule has 0 spiro atoms. The Morgan fingerprint density at radius 2 is 1.71 bits per heavy atom. The average molecular weight is 342 g/mol. The Morgan fingerprint density at radius 1 is 1.00 bits per heavy atom. The fraction of sp³-hybridized carbons (Fsp3) is 0.200. The van der Waals surface area contributed by atoms with Gasteiger partial charge < -0.3 is 0 Å². The minimum absolute atomic E-state index is 0.105. The Bertz CT molecular complexity index is 790. The largest absolute Gasteiger partial charge is 0.244 e. The van der Waals surface area contributed by atoms with Gasteiger partial charge in [0.05, 0.1) is 5.02 Å². The topological polar surface area (TPSA) is 37.4 Å². The normalized spacial score (nSPS) is 15.7. The highest BCUT2D eigenvalue weighted by Crippen LogP contribution is 2.30. The van der Waals surface area contributed by atoms with E-state index in [-0.39, 0.29) is 9.92 Å². The summed E-state index contributed by atoms with van der Waals surface area (Å²) in [6, 6.07) is 12.3. The Morgan fingerprint density at radius 3 is 2.43 bits per heavy atom. The smallest absolute Gasteiger partial charge is 0.207 e. The van der Waals surface area contributed by atoms with Gasteiger partial charge >= 0.3 is 0 Å². The first-order chi connectivity index (χ1) is 9.98. The quantitative estimate of drug-likeness (QED) is 0.834. The lowest BCUT2D eigenvalue weighted by Crippen LogP contribution is -2.36. The van der Waals surface area contributed by atoms with E-state index in [0.717, 1.165) is 5.56 Å². The second kappa shape index (κ2) is 5.61. The molecule has 0 radical (unpaired) electrons. The average Bonchev–Trinajstić information content (AvgIpc) is 2.46. The van der Waals surface area contributed by atoms with Crippen LogP contribution in [0.2, 0.25) is 10.0 Å². The molecule has 1 heterocycles. The molecule has 21 heavy (non-hydrogen) atoms. The number of rotatable bonds is 2. The minimum atomic E-state index is -3.61. The molecule has 0 amide bonds. The van der Waals surface area contributed by atoms with E-state index in [1.165, 1.54) is 28.1 Å². The third kappa shape index (κ3) is 2.81. The van der Waals surface area contributed by atoms with Crippen LogP contribution in [0.15, 0.2) is 47.4 Å². The molecule has 3 rings (SSSR count). The van der Waals surface area contributed by atoms with Crippen LogP contribution in [0.5, 0.6) is 0 Å². The zero-order valence-electron chi connectivity index (χ0n) is 11.1. The van der Waals surface area contributed by atoms with Crippen molar-refractivity contribution in [2.75, 3.05) is 6.54 Å². The SMILES string of the molecule is O=S(=O)(c1ccc(Cl)cc1Cl)N1CCc2ccccc2C1. The molecule has 0 fully saturated rings. The first-order valence-corrected chi connectivity index (χ1v) is 8.70. The Balaban J connectivity index is 1.97. The summed E-state index contributed by atoms with van der Waals surface area (Å²) in [7, 11) is -3.61. The molecule has 0 unspecified atom stereocenters. The first-order valence-electron chi connectivity index (χ1n) is 6.50. The molecular weight excluding hydrogens is 329 g/mol. The molecule has 110 valence electrons. The number of benzene rings is 2. The molecule has 0 bridgehead atoms. The van der Waals surface area contributed by atoms with E-state index in [1.807, 2.05) is 24.3 Å². The number of fused-ring (bicyclic) bond motifs is 1. The van der Waals surface area contributed by atoms with Crippen LogP contribution in [-0.2, 0) is 23.0 Å². The van der Waals surface area contributed by atoms with Crippen molar-refractivity contribution in [2.24, 2.45) is 0 Å². The number of nitrogens with zero attached hydrogens (tertiary/aromatic N) is 1. The van der Waals surface area contributed by atoms with E-state index in [2.05, 4.69) is 0 Å². The van der Waals surface area contributed by atoms with Crippen molar-refractivity contribution in [1.29, 1.82) is 0 Å². The van der Waals surface area contributed by atoms with E-state index in [0.29, 0.717) is 24.5 Å². The van der Waals surface area contributed by atoms with E-state index in [1.54, 1.807) is 0 Å². The van der Waals surface area contributed by atoms with Crippen LogP contribution in [-0.4, -0.2) is 19.3 Å². The molecule has 0 aliphatic carbocycles. The monoisotopic (exact) mass is 341 g/mol. The van der Waals surface area contributed by atoms with Gasteiger partial charge in [0.15, 0.2) is 0 Å². The number of halogens is 2. The summed E-state index contributed by atoms with van der Waals surface area (Å²) in [4.78, 5) is 0.105. The van der Waals surface area contributed by atoms with Crippen molar-refractivity contribution in [2.45, 2.75) is 17.9 Å². The van der Waals surface area contributed by atoms with Gasteiger partial charge in [0.1, 0.15) is 4.90 Å². The van der Waals surface area contributed by atoms with Gasteiger partial charge in [-0.3, -0.25) is 0 Å². The molecule has 0 aromatic heterocycles. The molecule has 6 heteroatoms. The lowest BCUT2D eigenvalue weighted by atomic mass is 10.0. The summed E-state index contributed by atoms with van der Waals surface area (Å²) in [6.45, 7) is 0.829.